The summed E-state index contributed by atoms with van der Waals surface area (Å²) in [5.41, 5.74) is 6.31. The van der Waals surface area contributed by atoms with Crippen LogP contribution in [0.1, 0.15) is 5.56 Å². The van der Waals surface area contributed by atoms with Crippen molar-refractivity contribution < 1.29 is 14.7 Å². The predicted octanol–water partition coefficient (Wildman–Crippen LogP) is 2.13. The lowest BCUT2D eigenvalue weighted by Gasteiger charge is -2.26. The maximum absolute atomic E-state index is 11.6. The number of nitrogens with zero attached hydrogens (tertiary/aromatic N) is 2. The lowest BCUT2D eigenvalue weighted by atomic mass is 10.0. The molecule has 2 heterocycles. The summed E-state index contributed by atoms with van der Waals surface area (Å²) in [5.74, 6) is 0.658. The molecule has 1 aromatic carbocycles. The van der Waals surface area contributed by atoms with Crippen LogP contribution >= 0.6 is 11.6 Å². The summed E-state index contributed by atoms with van der Waals surface area (Å²) < 4.78 is 5.65. The third kappa shape index (κ3) is 2.69. The number of benzene rings is 1. The van der Waals surface area contributed by atoms with Gasteiger partial charge in [0.15, 0.2) is 5.82 Å². The van der Waals surface area contributed by atoms with Crippen LogP contribution in [0.2, 0.25) is 5.02 Å². The van der Waals surface area contributed by atoms with Crippen LogP contribution < -0.4 is 15.5 Å². The standard InChI is InChI=1S/C14H12ClN3O3/c15-9-2-1-3-10(6-9)21-11-4-8-5-12(16)14(19)18(20)13(8)17-7-11/h1-4,6-7,12,20H,5,16H2/t12-/m0/s1. The molecule has 2 aromatic rings. The number of anilines is 1. The number of hydrogen-bond acceptors (Lipinski definition) is 5. The van der Waals surface area contributed by atoms with E-state index < -0.39 is 11.9 Å². The van der Waals surface area contributed by atoms with Crippen LogP contribution in [-0.2, 0) is 11.2 Å². The van der Waals surface area contributed by atoms with Crippen LogP contribution in [0.3, 0.4) is 0 Å². The maximum atomic E-state index is 11.6. The Labute approximate surface area is 125 Å². The molecule has 21 heavy (non-hydrogen) atoms. The van der Waals surface area contributed by atoms with Crippen molar-refractivity contribution in [2.45, 2.75) is 12.5 Å². The van der Waals surface area contributed by atoms with Crippen molar-refractivity contribution in [3.63, 3.8) is 0 Å². The highest BCUT2D eigenvalue weighted by Gasteiger charge is 2.31. The van der Waals surface area contributed by atoms with Crippen molar-refractivity contribution in [1.29, 1.82) is 0 Å². The van der Waals surface area contributed by atoms with Crippen molar-refractivity contribution in [3.05, 3.63) is 47.1 Å². The SMILES string of the molecule is N[C@H]1Cc2cc(Oc3cccc(Cl)c3)cnc2N(O)C1=O. The number of fused-ring (bicyclic) bond motifs is 1. The van der Waals surface area contributed by atoms with Crippen molar-refractivity contribution in [1.82, 2.24) is 4.98 Å². The van der Waals surface area contributed by atoms with Gasteiger partial charge in [-0.3, -0.25) is 10.0 Å². The van der Waals surface area contributed by atoms with Crippen molar-refractivity contribution in [2.75, 3.05) is 5.06 Å². The molecule has 0 saturated heterocycles. The maximum Gasteiger partial charge on any atom is 0.269 e. The van der Waals surface area contributed by atoms with Gasteiger partial charge in [-0.1, -0.05) is 17.7 Å². The van der Waals surface area contributed by atoms with E-state index in [2.05, 4.69) is 4.98 Å². The molecule has 108 valence electrons. The smallest absolute Gasteiger partial charge is 0.269 e. The summed E-state index contributed by atoms with van der Waals surface area (Å²) >= 11 is 5.89. The number of hydroxylamine groups is 1. The molecule has 7 heteroatoms. The molecular weight excluding hydrogens is 294 g/mol. The quantitative estimate of drug-likeness (QED) is 0.830. The number of aromatic nitrogens is 1. The summed E-state index contributed by atoms with van der Waals surface area (Å²) in [6, 6.07) is 7.86. The number of ether oxygens (including phenoxy) is 1. The minimum absolute atomic E-state index is 0.181. The number of pyridine rings is 1. The normalized spacial score (nSPS) is 17.6. The van der Waals surface area contributed by atoms with Crippen LogP contribution in [0.15, 0.2) is 36.5 Å². The molecule has 0 fully saturated rings. The van der Waals surface area contributed by atoms with E-state index in [0.29, 0.717) is 33.6 Å². The van der Waals surface area contributed by atoms with E-state index in [1.54, 1.807) is 30.3 Å². The number of hydrogen-bond donors (Lipinski definition) is 2. The van der Waals surface area contributed by atoms with Crippen LogP contribution in [-0.4, -0.2) is 22.1 Å². The fourth-order valence-corrected chi connectivity index (χ4v) is 2.31. The molecule has 6 nitrogen and oxygen atoms in total. The molecule has 1 amide bonds. The summed E-state index contributed by atoms with van der Waals surface area (Å²) in [4.78, 5) is 15.6. The molecular formula is C14H12ClN3O3. The van der Waals surface area contributed by atoms with E-state index in [4.69, 9.17) is 22.1 Å². The first-order valence-electron chi connectivity index (χ1n) is 6.25. The van der Waals surface area contributed by atoms with Crippen LogP contribution in [0.4, 0.5) is 5.82 Å². The Morgan fingerprint density at radius 2 is 2.19 bits per heavy atom. The molecule has 0 saturated carbocycles. The molecule has 0 aliphatic carbocycles. The molecule has 1 aliphatic heterocycles. The molecule has 3 N–H and O–H groups in total. The van der Waals surface area contributed by atoms with Gasteiger partial charge in [-0.25, -0.2) is 4.98 Å². The van der Waals surface area contributed by atoms with E-state index in [-0.39, 0.29) is 5.82 Å². The van der Waals surface area contributed by atoms with Crippen LogP contribution in [0.5, 0.6) is 11.5 Å². The highest BCUT2D eigenvalue weighted by atomic mass is 35.5. The number of halogens is 1. The van der Waals surface area contributed by atoms with Gasteiger partial charge in [0.25, 0.3) is 5.91 Å². The van der Waals surface area contributed by atoms with Gasteiger partial charge >= 0.3 is 0 Å². The number of amides is 1. The summed E-state index contributed by atoms with van der Waals surface area (Å²) in [6.45, 7) is 0. The van der Waals surface area contributed by atoms with Crippen molar-refractivity contribution >= 4 is 23.3 Å². The van der Waals surface area contributed by atoms with Crippen molar-refractivity contribution in [3.8, 4) is 11.5 Å². The number of carbonyl (C=O) groups excluding carboxylic acids is 1. The highest BCUT2D eigenvalue weighted by Crippen LogP contribution is 2.30. The largest absolute Gasteiger partial charge is 0.456 e. The molecule has 1 atom stereocenters. The van der Waals surface area contributed by atoms with Gasteiger partial charge in [0.2, 0.25) is 0 Å². The lowest BCUT2D eigenvalue weighted by molar-refractivity contribution is -0.125. The predicted molar refractivity (Wildman–Crippen MR) is 76.7 cm³/mol. The topological polar surface area (TPSA) is 88.7 Å². The Morgan fingerprint density at radius 1 is 1.38 bits per heavy atom. The second kappa shape index (κ2) is 5.33. The number of nitrogens with two attached hydrogens (primary N) is 1. The molecule has 3 rings (SSSR count). The Morgan fingerprint density at radius 3 is 2.95 bits per heavy atom. The first kappa shape index (κ1) is 13.8. The zero-order valence-electron chi connectivity index (χ0n) is 10.9. The molecule has 0 bridgehead atoms. The highest BCUT2D eigenvalue weighted by molar-refractivity contribution is 6.30. The van der Waals surface area contributed by atoms with Gasteiger partial charge in [-0.2, -0.15) is 5.06 Å². The Balaban J connectivity index is 1.90. The summed E-state index contributed by atoms with van der Waals surface area (Å²) in [7, 11) is 0. The Bertz CT molecular complexity index is 708. The fourth-order valence-electron chi connectivity index (χ4n) is 2.13. The third-order valence-corrected chi connectivity index (χ3v) is 3.35. The fraction of sp³-hybridized carbons (Fsp3) is 0.143. The molecule has 0 unspecified atom stereocenters. The van der Waals surface area contributed by atoms with Crippen LogP contribution in [0.25, 0.3) is 0 Å². The van der Waals surface area contributed by atoms with E-state index in [1.807, 2.05) is 0 Å². The lowest BCUT2D eigenvalue weighted by Crippen LogP contribution is -2.47. The molecule has 0 spiro atoms. The first-order valence-corrected chi connectivity index (χ1v) is 6.63. The van der Waals surface area contributed by atoms with Gasteiger partial charge in [0.1, 0.15) is 11.5 Å². The average Bonchev–Trinajstić information content (AvgIpc) is 2.45. The molecule has 1 aliphatic rings. The first-order chi connectivity index (χ1) is 10.0. The second-order valence-corrected chi connectivity index (χ2v) is 5.11. The van der Waals surface area contributed by atoms with E-state index in [1.165, 1.54) is 6.20 Å². The minimum Gasteiger partial charge on any atom is -0.456 e. The van der Waals surface area contributed by atoms with Gasteiger partial charge in [0.05, 0.1) is 12.2 Å². The monoisotopic (exact) mass is 305 g/mol. The van der Waals surface area contributed by atoms with Gasteiger partial charge in [-0.15, -0.1) is 0 Å². The second-order valence-electron chi connectivity index (χ2n) is 4.67. The van der Waals surface area contributed by atoms with Crippen LogP contribution in [0, 0.1) is 0 Å². The summed E-state index contributed by atoms with van der Waals surface area (Å²) in [5, 5.41) is 10.7. The zero-order chi connectivity index (χ0) is 15.0. The van der Waals surface area contributed by atoms with E-state index in [0.717, 1.165) is 0 Å². The number of rotatable bonds is 2. The van der Waals surface area contributed by atoms with Gasteiger partial charge < -0.3 is 10.5 Å². The third-order valence-electron chi connectivity index (χ3n) is 3.12. The number of carbonyl (C=O) groups is 1. The molecule has 1 aromatic heterocycles. The minimum atomic E-state index is -0.786. The Kier molecular flexibility index (Phi) is 3.50. The van der Waals surface area contributed by atoms with Gasteiger partial charge in [0, 0.05) is 17.0 Å². The van der Waals surface area contributed by atoms with Crippen molar-refractivity contribution in [2.24, 2.45) is 5.73 Å². The van der Waals surface area contributed by atoms with E-state index >= 15 is 0 Å². The average molecular weight is 306 g/mol. The zero-order valence-corrected chi connectivity index (χ0v) is 11.6. The van der Waals surface area contributed by atoms with Gasteiger partial charge in [-0.05, 0) is 24.3 Å². The van der Waals surface area contributed by atoms with E-state index in [9.17, 15) is 10.0 Å². The summed E-state index contributed by atoms with van der Waals surface area (Å²) in [6.07, 6.45) is 1.72. The Hall–Kier alpha value is -2.15. The molecule has 0 radical (unpaired) electrons.